The first-order valence-electron chi connectivity index (χ1n) is 7.90. The fourth-order valence-corrected chi connectivity index (χ4v) is 3.53. The number of carboxylic acids is 1. The SMILES string of the molecule is CC(C)C[C@H](NC(=O)CNS(=O)(=O)c1ccc2c(c1)COC2)C(=O)O. The number of aliphatic carboxylic acids is 1. The maximum Gasteiger partial charge on any atom is 0.326 e. The lowest BCUT2D eigenvalue weighted by Gasteiger charge is -2.16. The second-order valence-corrected chi connectivity index (χ2v) is 8.10. The topological polar surface area (TPSA) is 122 Å². The Morgan fingerprint density at radius 1 is 1.24 bits per heavy atom. The van der Waals surface area contributed by atoms with Crippen molar-refractivity contribution in [3.05, 3.63) is 29.3 Å². The van der Waals surface area contributed by atoms with Crippen LogP contribution in [-0.2, 0) is 37.6 Å². The number of carbonyl (C=O) groups is 2. The highest BCUT2D eigenvalue weighted by atomic mass is 32.2. The summed E-state index contributed by atoms with van der Waals surface area (Å²) in [5, 5.41) is 11.4. The number of amides is 1. The number of nitrogens with one attached hydrogen (secondary N) is 2. The Kier molecular flexibility index (Phi) is 6.15. The molecule has 25 heavy (non-hydrogen) atoms. The molecular formula is C16H22N2O6S. The lowest BCUT2D eigenvalue weighted by molar-refractivity contribution is -0.142. The van der Waals surface area contributed by atoms with Crippen LogP contribution in [0.4, 0.5) is 0 Å². The lowest BCUT2D eigenvalue weighted by atomic mass is 10.0. The number of benzene rings is 1. The van der Waals surface area contributed by atoms with Crippen molar-refractivity contribution in [1.29, 1.82) is 0 Å². The molecule has 1 atom stereocenters. The summed E-state index contributed by atoms with van der Waals surface area (Å²) >= 11 is 0. The molecule has 0 saturated heterocycles. The van der Waals surface area contributed by atoms with Crippen LogP contribution in [0.5, 0.6) is 0 Å². The summed E-state index contributed by atoms with van der Waals surface area (Å²) in [7, 11) is -3.87. The summed E-state index contributed by atoms with van der Waals surface area (Å²) in [5.41, 5.74) is 1.74. The molecule has 3 N–H and O–H groups in total. The molecule has 0 bridgehead atoms. The number of carboxylic acid groups (broad SMARTS) is 1. The number of hydrogen-bond donors (Lipinski definition) is 3. The van der Waals surface area contributed by atoms with Crippen molar-refractivity contribution < 1.29 is 27.9 Å². The first-order valence-corrected chi connectivity index (χ1v) is 9.38. The Bertz CT molecular complexity index is 760. The van der Waals surface area contributed by atoms with E-state index in [9.17, 15) is 18.0 Å². The highest BCUT2D eigenvalue weighted by Gasteiger charge is 2.23. The smallest absolute Gasteiger partial charge is 0.326 e. The average molecular weight is 370 g/mol. The van der Waals surface area contributed by atoms with Crippen LogP contribution in [0, 0.1) is 5.92 Å². The molecule has 1 aliphatic heterocycles. The molecule has 0 aromatic heterocycles. The van der Waals surface area contributed by atoms with Crippen molar-refractivity contribution in [2.24, 2.45) is 5.92 Å². The van der Waals surface area contributed by atoms with Gasteiger partial charge in [0, 0.05) is 0 Å². The summed E-state index contributed by atoms with van der Waals surface area (Å²) in [5.74, 6) is -1.77. The highest BCUT2D eigenvalue weighted by Crippen LogP contribution is 2.22. The van der Waals surface area contributed by atoms with Gasteiger partial charge in [-0.15, -0.1) is 0 Å². The number of fused-ring (bicyclic) bond motifs is 1. The van der Waals surface area contributed by atoms with Crippen molar-refractivity contribution in [3.63, 3.8) is 0 Å². The van der Waals surface area contributed by atoms with Crippen LogP contribution in [0.3, 0.4) is 0 Å². The zero-order valence-electron chi connectivity index (χ0n) is 14.1. The number of hydrogen-bond acceptors (Lipinski definition) is 5. The first kappa shape index (κ1) is 19.4. The molecule has 1 aromatic rings. The molecule has 0 radical (unpaired) electrons. The van der Waals surface area contributed by atoms with Crippen LogP contribution in [0.2, 0.25) is 0 Å². The fourth-order valence-electron chi connectivity index (χ4n) is 2.50. The van der Waals surface area contributed by atoms with E-state index in [-0.39, 0.29) is 17.2 Å². The van der Waals surface area contributed by atoms with Crippen molar-refractivity contribution >= 4 is 21.9 Å². The standard InChI is InChI=1S/C16H22N2O6S/c1-10(2)5-14(16(20)21)18-15(19)7-17-25(22,23)13-4-3-11-8-24-9-12(11)6-13/h3-4,6,10,14,17H,5,7-9H2,1-2H3,(H,18,19)(H,20,21)/t14-/m0/s1. The van der Waals surface area contributed by atoms with Gasteiger partial charge in [0.1, 0.15) is 6.04 Å². The zero-order chi connectivity index (χ0) is 18.6. The number of ether oxygens (including phenoxy) is 1. The highest BCUT2D eigenvalue weighted by molar-refractivity contribution is 7.89. The molecule has 9 heteroatoms. The van der Waals surface area contributed by atoms with E-state index in [0.29, 0.717) is 13.2 Å². The van der Waals surface area contributed by atoms with Gasteiger partial charge in [-0.05, 0) is 35.6 Å². The van der Waals surface area contributed by atoms with Gasteiger partial charge < -0.3 is 15.2 Å². The van der Waals surface area contributed by atoms with Crippen molar-refractivity contribution in [2.75, 3.05) is 6.54 Å². The normalized spacial score (nSPS) is 15.0. The van der Waals surface area contributed by atoms with Gasteiger partial charge in [0.25, 0.3) is 0 Å². The monoisotopic (exact) mass is 370 g/mol. The van der Waals surface area contributed by atoms with E-state index in [4.69, 9.17) is 9.84 Å². The van der Waals surface area contributed by atoms with E-state index in [0.717, 1.165) is 11.1 Å². The van der Waals surface area contributed by atoms with Gasteiger partial charge in [-0.2, -0.15) is 0 Å². The van der Waals surface area contributed by atoms with Crippen LogP contribution in [0.25, 0.3) is 0 Å². The molecule has 8 nitrogen and oxygen atoms in total. The number of carbonyl (C=O) groups excluding carboxylic acids is 1. The van der Waals surface area contributed by atoms with E-state index in [1.807, 2.05) is 13.8 Å². The third kappa shape index (κ3) is 5.25. The molecule has 0 unspecified atom stereocenters. The summed E-state index contributed by atoms with van der Waals surface area (Å²) < 4.78 is 32.0. The second-order valence-electron chi connectivity index (χ2n) is 6.34. The van der Waals surface area contributed by atoms with E-state index in [1.165, 1.54) is 12.1 Å². The molecular weight excluding hydrogens is 348 g/mol. The maximum absolute atomic E-state index is 12.3. The minimum absolute atomic E-state index is 0.0431. The Morgan fingerprint density at radius 3 is 2.56 bits per heavy atom. The molecule has 2 rings (SSSR count). The Balaban J connectivity index is 1.97. The van der Waals surface area contributed by atoms with E-state index in [1.54, 1.807) is 6.07 Å². The fraction of sp³-hybridized carbons (Fsp3) is 0.500. The van der Waals surface area contributed by atoms with Crippen molar-refractivity contribution in [3.8, 4) is 0 Å². The molecule has 0 spiro atoms. The van der Waals surface area contributed by atoms with Crippen LogP contribution in [0.15, 0.2) is 23.1 Å². The van der Waals surface area contributed by atoms with E-state index < -0.39 is 34.5 Å². The lowest BCUT2D eigenvalue weighted by Crippen LogP contribution is -2.46. The molecule has 0 aliphatic carbocycles. The molecule has 0 fully saturated rings. The van der Waals surface area contributed by atoms with E-state index >= 15 is 0 Å². The van der Waals surface area contributed by atoms with Crippen LogP contribution >= 0.6 is 0 Å². The predicted molar refractivity (Wildman–Crippen MR) is 89.1 cm³/mol. The molecule has 1 aromatic carbocycles. The number of sulfonamides is 1. The van der Waals surface area contributed by atoms with Gasteiger partial charge in [0.15, 0.2) is 0 Å². The Morgan fingerprint density at radius 2 is 1.92 bits per heavy atom. The quantitative estimate of drug-likeness (QED) is 0.616. The summed E-state index contributed by atoms with van der Waals surface area (Å²) in [4.78, 5) is 23.1. The molecule has 138 valence electrons. The minimum Gasteiger partial charge on any atom is -0.480 e. The van der Waals surface area contributed by atoms with Gasteiger partial charge in [-0.25, -0.2) is 17.9 Å². The van der Waals surface area contributed by atoms with Crippen LogP contribution < -0.4 is 10.0 Å². The van der Waals surface area contributed by atoms with Crippen molar-refractivity contribution in [1.82, 2.24) is 10.0 Å². The van der Waals surface area contributed by atoms with Gasteiger partial charge in [-0.3, -0.25) is 4.79 Å². The second kappa shape index (κ2) is 7.94. The maximum atomic E-state index is 12.3. The summed E-state index contributed by atoms with van der Waals surface area (Å²) in [6.45, 7) is 3.95. The van der Waals surface area contributed by atoms with Crippen LogP contribution in [-0.4, -0.2) is 38.0 Å². The van der Waals surface area contributed by atoms with Gasteiger partial charge in [0.05, 0.1) is 24.7 Å². The van der Waals surface area contributed by atoms with Gasteiger partial charge >= 0.3 is 5.97 Å². The third-order valence-corrected chi connectivity index (χ3v) is 5.17. The predicted octanol–water partition coefficient (Wildman–Crippen LogP) is 0.611. The average Bonchev–Trinajstić information content (AvgIpc) is 2.99. The van der Waals surface area contributed by atoms with Crippen LogP contribution in [0.1, 0.15) is 31.4 Å². The Labute approximate surface area is 146 Å². The third-order valence-electron chi connectivity index (χ3n) is 3.77. The zero-order valence-corrected chi connectivity index (χ0v) is 14.9. The molecule has 1 heterocycles. The number of rotatable bonds is 8. The summed E-state index contributed by atoms with van der Waals surface area (Å²) in [6.07, 6.45) is 0.263. The van der Waals surface area contributed by atoms with Gasteiger partial charge in [-0.1, -0.05) is 19.9 Å². The minimum atomic E-state index is -3.87. The molecule has 1 aliphatic rings. The molecule has 1 amide bonds. The van der Waals surface area contributed by atoms with Crippen molar-refractivity contribution in [2.45, 2.75) is 44.4 Å². The summed E-state index contributed by atoms with van der Waals surface area (Å²) in [6, 6.07) is 3.60. The largest absolute Gasteiger partial charge is 0.480 e. The first-order chi connectivity index (χ1) is 11.7. The van der Waals surface area contributed by atoms with E-state index in [2.05, 4.69) is 10.0 Å². The van der Waals surface area contributed by atoms with Gasteiger partial charge in [0.2, 0.25) is 15.9 Å². The Hall–Kier alpha value is -1.97. The molecule has 0 saturated carbocycles.